The van der Waals surface area contributed by atoms with E-state index in [0.29, 0.717) is 37.6 Å². The van der Waals surface area contributed by atoms with Crippen molar-refractivity contribution in [2.75, 3.05) is 33.9 Å². The van der Waals surface area contributed by atoms with Crippen molar-refractivity contribution < 1.29 is 14.3 Å². The molecule has 0 unspecified atom stereocenters. The smallest absolute Gasteiger partial charge is 0.225 e. The Morgan fingerprint density at radius 1 is 1.29 bits per heavy atom. The molecule has 0 radical (unpaired) electrons. The molecule has 2 N–H and O–H groups in total. The van der Waals surface area contributed by atoms with Crippen LogP contribution in [0.1, 0.15) is 20.3 Å². The van der Waals surface area contributed by atoms with Crippen LogP contribution in [0, 0.1) is 5.41 Å². The van der Waals surface area contributed by atoms with Gasteiger partial charge in [0.25, 0.3) is 0 Å². The zero-order chi connectivity index (χ0) is 15.9. The van der Waals surface area contributed by atoms with Crippen LogP contribution in [0.15, 0.2) is 24.3 Å². The van der Waals surface area contributed by atoms with Gasteiger partial charge in [-0.25, -0.2) is 0 Å². The van der Waals surface area contributed by atoms with Crippen LogP contribution in [0.3, 0.4) is 0 Å². The van der Waals surface area contributed by atoms with Gasteiger partial charge in [0.2, 0.25) is 5.91 Å². The summed E-state index contributed by atoms with van der Waals surface area (Å²) >= 11 is 0. The van der Waals surface area contributed by atoms with Crippen LogP contribution in [0.25, 0.3) is 0 Å². The van der Waals surface area contributed by atoms with Gasteiger partial charge in [-0.05, 0) is 24.1 Å². The van der Waals surface area contributed by atoms with Crippen LogP contribution in [0.5, 0.6) is 11.5 Å². The molecule has 0 atom stereocenters. The molecule has 0 fully saturated rings. The van der Waals surface area contributed by atoms with Crippen molar-refractivity contribution in [3.63, 3.8) is 0 Å². The average Bonchev–Trinajstić information content (AvgIpc) is 2.47. The van der Waals surface area contributed by atoms with Crippen molar-refractivity contribution in [2.45, 2.75) is 20.3 Å². The van der Waals surface area contributed by atoms with Crippen molar-refractivity contribution in [3.8, 4) is 11.5 Å². The second kappa shape index (κ2) is 7.88. The Balaban J connectivity index is 2.43. The van der Waals surface area contributed by atoms with E-state index < -0.39 is 0 Å². The molecule has 1 aromatic carbocycles. The van der Waals surface area contributed by atoms with Crippen LogP contribution >= 0.6 is 0 Å². The van der Waals surface area contributed by atoms with E-state index in [9.17, 15) is 4.79 Å². The van der Waals surface area contributed by atoms with Crippen LogP contribution in [0.4, 0.5) is 0 Å². The molecule has 0 saturated carbocycles. The van der Waals surface area contributed by atoms with Crippen LogP contribution in [0.2, 0.25) is 0 Å². The summed E-state index contributed by atoms with van der Waals surface area (Å²) in [5.74, 6) is 1.37. The summed E-state index contributed by atoms with van der Waals surface area (Å²) in [4.78, 5) is 13.8. The Hall–Kier alpha value is -1.75. The van der Waals surface area contributed by atoms with Crippen molar-refractivity contribution in [2.24, 2.45) is 11.1 Å². The van der Waals surface area contributed by atoms with Gasteiger partial charge >= 0.3 is 0 Å². The number of methoxy groups -OCH3 is 1. The summed E-state index contributed by atoms with van der Waals surface area (Å²) in [6, 6.07) is 7.40. The van der Waals surface area contributed by atoms with Crippen molar-refractivity contribution >= 4 is 5.91 Å². The molecule has 0 heterocycles. The van der Waals surface area contributed by atoms with Gasteiger partial charge < -0.3 is 20.1 Å². The first kappa shape index (κ1) is 17.3. The fourth-order valence-electron chi connectivity index (χ4n) is 1.97. The van der Waals surface area contributed by atoms with E-state index in [2.05, 4.69) is 0 Å². The first-order valence-corrected chi connectivity index (χ1v) is 7.09. The highest BCUT2D eigenvalue weighted by molar-refractivity contribution is 5.76. The largest absolute Gasteiger partial charge is 0.493 e. The van der Waals surface area contributed by atoms with Crippen LogP contribution in [-0.2, 0) is 4.79 Å². The SMILES string of the molecule is COc1ccccc1OCCC(=O)N(C)CC(C)(C)CN. The minimum Gasteiger partial charge on any atom is -0.493 e. The number of ether oxygens (including phenoxy) is 2. The summed E-state index contributed by atoms with van der Waals surface area (Å²) in [5, 5.41) is 0. The molecule has 0 aliphatic heterocycles. The Labute approximate surface area is 127 Å². The quantitative estimate of drug-likeness (QED) is 0.795. The van der Waals surface area contributed by atoms with Gasteiger partial charge in [0.1, 0.15) is 0 Å². The molecule has 5 nitrogen and oxygen atoms in total. The summed E-state index contributed by atoms with van der Waals surface area (Å²) in [5.41, 5.74) is 5.61. The molecule has 0 aromatic heterocycles. The number of amides is 1. The van der Waals surface area contributed by atoms with Gasteiger partial charge in [0.05, 0.1) is 20.1 Å². The lowest BCUT2D eigenvalue weighted by molar-refractivity contribution is -0.131. The molecule has 0 aliphatic rings. The molecule has 1 amide bonds. The normalized spacial score (nSPS) is 11.1. The molecule has 0 spiro atoms. The van der Waals surface area contributed by atoms with Gasteiger partial charge in [-0.3, -0.25) is 4.79 Å². The first-order chi connectivity index (χ1) is 9.89. The Morgan fingerprint density at radius 3 is 2.48 bits per heavy atom. The van der Waals surface area contributed by atoms with Crippen LogP contribution in [-0.4, -0.2) is 44.7 Å². The molecule has 5 heteroatoms. The number of carbonyl (C=O) groups is 1. The van der Waals surface area contributed by atoms with Gasteiger partial charge in [0.15, 0.2) is 11.5 Å². The van der Waals surface area contributed by atoms with E-state index >= 15 is 0 Å². The van der Waals surface area contributed by atoms with Crippen molar-refractivity contribution in [3.05, 3.63) is 24.3 Å². The topological polar surface area (TPSA) is 64.8 Å². The van der Waals surface area contributed by atoms with E-state index in [0.717, 1.165) is 0 Å². The number of benzene rings is 1. The maximum absolute atomic E-state index is 12.1. The maximum Gasteiger partial charge on any atom is 0.225 e. The monoisotopic (exact) mass is 294 g/mol. The molecule has 118 valence electrons. The Bertz CT molecular complexity index is 461. The highest BCUT2D eigenvalue weighted by Gasteiger charge is 2.21. The third kappa shape index (κ3) is 5.63. The van der Waals surface area contributed by atoms with E-state index in [1.165, 1.54) is 0 Å². The number of hydrogen-bond acceptors (Lipinski definition) is 4. The summed E-state index contributed by atoms with van der Waals surface area (Å²) < 4.78 is 10.8. The van der Waals surface area contributed by atoms with Gasteiger partial charge in [-0.1, -0.05) is 26.0 Å². The third-order valence-corrected chi connectivity index (χ3v) is 3.29. The molecule has 1 rings (SSSR count). The molecule has 0 saturated heterocycles. The fraction of sp³-hybridized carbons (Fsp3) is 0.562. The van der Waals surface area contributed by atoms with Gasteiger partial charge in [-0.15, -0.1) is 0 Å². The predicted octanol–water partition coefficient (Wildman–Crippen LogP) is 1.91. The number of nitrogens with zero attached hydrogens (tertiary/aromatic N) is 1. The second-order valence-electron chi connectivity index (χ2n) is 5.87. The van der Waals surface area contributed by atoms with E-state index in [1.807, 2.05) is 38.1 Å². The lowest BCUT2D eigenvalue weighted by Gasteiger charge is -2.29. The average molecular weight is 294 g/mol. The molecule has 1 aromatic rings. The minimum atomic E-state index is -0.0755. The lowest BCUT2D eigenvalue weighted by Crippen LogP contribution is -2.40. The van der Waals surface area contributed by atoms with E-state index in [4.69, 9.17) is 15.2 Å². The van der Waals surface area contributed by atoms with Gasteiger partial charge in [0, 0.05) is 13.6 Å². The zero-order valence-electron chi connectivity index (χ0n) is 13.4. The highest BCUT2D eigenvalue weighted by Crippen LogP contribution is 2.25. The summed E-state index contributed by atoms with van der Waals surface area (Å²) in [6.45, 7) is 5.59. The summed E-state index contributed by atoms with van der Waals surface area (Å²) in [7, 11) is 3.39. The fourth-order valence-corrected chi connectivity index (χ4v) is 1.97. The standard InChI is InChI=1S/C16H26N2O3/c1-16(2,11-17)12-18(3)15(19)9-10-21-14-8-6-5-7-13(14)20-4/h5-8H,9-12,17H2,1-4H3. The van der Waals surface area contributed by atoms with Crippen LogP contribution < -0.4 is 15.2 Å². The third-order valence-electron chi connectivity index (χ3n) is 3.29. The number of carbonyl (C=O) groups excluding carboxylic acids is 1. The molecular weight excluding hydrogens is 268 g/mol. The van der Waals surface area contributed by atoms with Gasteiger partial charge in [-0.2, -0.15) is 0 Å². The zero-order valence-corrected chi connectivity index (χ0v) is 13.4. The Kier molecular flexibility index (Phi) is 6.49. The predicted molar refractivity (Wildman–Crippen MR) is 83.6 cm³/mol. The number of nitrogens with two attached hydrogens (primary N) is 1. The second-order valence-corrected chi connectivity index (χ2v) is 5.87. The minimum absolute atomic E-state index is 0.0476. The number of hydrogen-bond donors (Lipinski definition) is 1. The molecule has 0 aliphatic carbocycles. The van der Waals surface area contributed by atoms with E-state index in [-0.39, 0.29) is 11.3 Å². The Morgan fingerprint density at radius 2 is 1.90 bits per heavy atom. The lowest BCUT2D eigenvalue weighted by atomic mass is 9.93. The van der Waals surface area contributed by atoms with Crippen molar-refractivity contribution in [1.29, 1.82) is 0 Å². The highest BCUT2D eigenvalue weighted by atomic mass is 16.5. The van der Waals surface area contributed by atoms with Crippen molar-refractivity contribution in [1.82, 2.24) is 4.90 Å². The number of para-hydroxylation sites is 2. The first-order valence-electron chi connectivity index (χ1n) is 7.09. The maximum atomic E-state index is 12.1. The molecule has 0 bridgehead atoms. The molecule has 21 heavy (non-hydrogen) atoms. The molecular formula is C16H26N2O3. The van der Waals surface area contributed by atoms with E-state index in [1.54, 1.807) is 19.1 Å². The number of rotatable bonds is 8. The summed E-state index contributed by atoms with van der Waals surface area (Å²) in [6.07, 6.45) is 0.329.